The van der Waals surface area contributed by atoms with Gasteiger partial charge in [0.1, 0.15) is 12.6 Å². The van der Waals surface area contributed by atoms with E-state index in [1.165, 1.54) is 0 Å². The van der Waals surface area contributed by atoms with Gasteiger partial charge in [-0.2, -0.15) is 0 Å². The molecule has 7 heteroatoms. The van der Waals surface area contributed by atoms with Gasteiger partial charge in [-0.05, 0) is 35.1 Å². The van der Waals surface area contributed by atoms with Crippen molar-refractivity contribution in [1.82, 2.24) is 10.6 Å². The molecule has 33 heavy (non-hydrogen) atoms. The Morgan fingerprint density at radius 1 is 1.06 bits per heavy atom. The van der Waals surface area contributed by atoms with Crippen LogP contribution in [0.5, 0.6) is 0 Å². The number of ether oxygens (including phenoxy) is 1. The summed E-state index contributed by atoms with van der Waals surface area (Å²) in [5, 5.41) is 14.3. The third kappa shape index (κ3) is 5.92. The highest BCUT2D eigenvalue weighted by molar-refractivity contribution is 5.83. The van der Waals surface area contributed by atoms with Crippen molar-refractivity contribution in [1.29, 1.82) is 0 Å². The van der Waals surface area contributed by atoms with Crippen molar-refractivity contribution in [3.8, 4) is 23.5 Å². The highest BCUT2D eigenvalue weighted by atomic mass is 16.5. The molecule has 2 amide bonds. The van der Waals surface area contributed by atoms with E-state index in [9.17, 15) is 14.4 Å². The van der Waals surface area contributed by atoms with Gasteiger partial charge in [0.15, 0.2) is 0 Å². The van der Waals surface area contributed by atoms with Gasteiger partial charge in [0.2, 0.25) is 5.91 Å². The smallest absolute Gasteiger partial charge is 0.407 e. The lowest BCUT2D eigenvalue weighted by molar-refractivity contribution is -0.141. The number of hydrogen-bond acceptors (Lipinski definition) is 4. The van der Waals surface area contributed by atoms with Crippen molar-refractivity contribution < 1.29 is 24.2 Å². The highest BCUT2D eigenvalue weighted by Gasteiger charge is 2.29. The summed E-state index contributed by atoms with van der Waals surface area (Å²) in [6, 6.07) is 14.8. The zero-order valence-corrected chi connectivity index (χ0v) is 18.5. The Bertz CT molecular complexity index is 1010. The number of hydrogen-bond donors (Lipinski definition) is 3. The normalized spacial score (nSPS) is 13.7. The molecule has 172 valence electrons. The minimum Gasteiger partial charge on any atom is -0.480 e. The van der Waals surface area contributed by atoms with Crippen LogP contribution in [0.3, 0.4) is 0 Å². The Morgan fingerprint density at radius 3 is 2.21 bits per heavy atom. The predicted molar refractivity (Wildman–Crippen MR) is 125 cm³/mol. The Hall–Kier alpha value is -3.79. The predicted octanol–water partition coefficient (Wildman–Crippen LogP) is 3.68. The number of fused-ring (bicyclic) bond motifs is 3. The Labute approximate surface area is 193 Å². The first-order valence-electron chi connectivity index (χ1n) is 11.0. The molecule has 2 aromatic rings. The maximum Gasteiger partial charge on any atom is 0.407 e. The second-order valence-corrected chi connectivity index (χ2v) is 7.98. The van der Waals surface area contributed by atoms with E-state index in [0.29, 0.717) is 12.8 Å². The summed E-state index contributed by atoms with van der Waals surface area (Å²) in [4.78, 5) is 35.7. The van der Waals surface area contributed by atoms with Crippen LogP contribution in [-0.2, 0) is 14.3 Å². The molecule has 0 spiro atoms. The molecule has 0 saturated heterocycles. The SMILES string of the molecule is C#CCC(NC(=O)CCC(CC)NC(=O)OCC1c2ccccc2-c2ccccc21)C(=O)O. The van der Waals surface area contributed by atoms with Crippen molar-refractivity contribution in [3.63, 3.8) is 0 Å². The second kappa shape index (κ2) is 11.2. The monoisotopic (exact) mass is 448 g/mol. The summed E-state index contributed by atoms with van der Waals surface area (Å²) in [7, 11) is 0. The number of rotatable bonds is 10. The number of carbonyl (C=O) groups is 3. The van der Waals surface area contributed by atoms with Gasteiger partial charge in [0, 0.05) is 24.8 Å². The molecule has 0 heterocycles. The fourth-order valence-electron chi connectivity index (χ4n) is 4.07. The largest absolute Gasteiger partial charge is 0.480 e. The summed E-state index contributed by atoms with van der Waals surface area (Å²) in [5.74, 6) is 0.606. The lowest BCUT2D eigenvalue weighted by Gasteiger charge is -2.19. The summed E-state index contributed by atoms with van der Waals surface area (Å²) in [5.41, 5.74) is 4.58. The van der Waals surface area contributed by atoms with Gasteiger partial charge >= 0.3 is 12.1 Å². The van der Waals surface area contributed by atoms with E-state index >= 15 is 0 Å². The van der Waals surface area contributed by atoms with E-state index in [-0.39, 0.29) is 31.4 Å². The summed E-state index contributed by atoms with van der Waals surface area (Å²) >= 11 is 0. The van der Waals surface area contributed by atoms with Crippen LogP contribution in [0.4, 0.5) is 4.79 Å². The molecule has 0 fully saturated rings. The second-order valence-electron chi connectivity index (χ2n) is 7.98. The van der Waals surface area contributed by atoms with Crippen molar-refractivity contribution >= 4 is 18.0 Å². The van der Waals surface area contributed by atoms with Crippen LogP contribution in [0, 0.1) is 12.3 Å². The average molecular weight is 449 g/mol. The zero-order valence-electron chi connectivity index (χ0n) is 18.5. The molecule has 2 unspecified atom stereocenters. The van der Waals surface area contributed by atoms with Crippen LogP contribution in [0.25, 0.3) is 11.1 Å². The third-order valence-corrected chi connectivity index (χ3v) is 5.83. The van der Waals surface area contributed by atoms with Crippen molar-refractivity contribution in [2.75, 3.05) is 6.61 Å². The van der Waals surface area contributed by atoms with E-state index in [4.69, 9.17) is 16.3 Å². The Morgan fingerprint density at radius 2 is 1.67 bits per heavy atom. The highest BCUT2D eigenvalue weighted by Crippen LogP contribution is 2.44. The van der Waals surface area contributed by atoms with Gasteiger partial charge in [-0.3, -0.25) is 4.79 Å². The van der Waals surface area contributed by atoms with E-state index in [1.807, 2.05) is 31.2 Å². The number of alkyl carbamates (subject to hydrolysis) is 1. The number of aliphatic carboxylic acids is 1. The van der Waals surface area contributed by atoms with Gasteiger partial charge in [-0.1, -0.05) is 55.5 Å². The van der Waals surface area contributed by atoms with Crippen molar-refractivity contribution in [3.05, 3.63) is 59.7 Å². The lowest BCUT2D eigenvalue weighted by atomic mass is 9.98. The zero-order chi connectivity index (χ0) is 23.8. The first-order valence-corrected chi connectivity index (χ1v) is 11.0. The fraction of sp³-hybridized carbons (Fsp3) is 0.346. The van der Waals surface area contributed by atoms with Crippen LogP contribution in [0.1, 0.15) is 49.7 Å². The number of benzene rings is 2. The summed E-state index contributed by atoms with van der Waals surface area (Å²) in [6.45, 7) is 2.11. The topological polar surface area (TPSA) is 105 Å². The number of carbonyl (C=O) groups excluding carboxylic acids is 2. The number of amides is 2. The molecule has 0 bridgehead atoms. The summed E-state index contributed by atoms with van der Waals surface area (Å²) < 4.78 is 5.56. The molecule has 0 aliphatic heterocycles. The first kappa shape index (κ1) is 23.9. The Kier molecular flexibility index (Phi) is 8.09. The molecule has 2 atom stereocenters. The Balaban J connectivity index is 1.51. The van der Waals surface area contributed by atoms with Gasteiger partial charge in [0.05, 0.1) is 0 Å². The molecule has 1 aliphatic rings. The van der Waals surface area contributed by atoms with E-state index in [1.54, 1.807) is 0 Å². The minimum atomic E-state index is -1.18. The molecule has 0 radical (unpaired) electrons. The van der Waals surface area contributed by atoms with Crippen LogP contribution in [0.15, 0.2) is 48.5 Å². The number of carboxylic acids is 1. The number of carboxylic acid groups (broad SMARTS) is 1. The standard InChI is InChI=1S/C26H28N2O5/c1-3-9-23(25(30)31)28-24(29)15-14-17(4-2)27-26(32)33-16-22-20-12-7-5-10-18(20)19-11-6-8-13-21(19)22/h1,5-8,10-13,17,22-23H,4,9,14-16H2,2H3,(H,27,32)(H,28,29)(H,30,31). The van der Waals surface area contributed by atoms with E-state index < -0.39 is 24.0 Å². The van der Waals surface area contributed by atoms with E-state index in [2.05, 4.69) is 40.8 Å². The van der Waals surface area contributed by atoms with Gasteiger partial charge in [-0.15, -0.1) is 12.3 Å². The van der Waals surface area contributed by atoms with Gasteiger partial charge in [0.25, 0.3) is 0 Å². The molecule has 1 aliphatic carbocycles. The first-order chi connectivity index (χ1) is 15.9. The van der Waals surface area contributed by atoms with Crippen LogP contribution in [-0.4, -0.2) is 41.8 Å². The number of terminal acetylenes is 1. The van der Waals surface area contributed by atoms with Gasteiger partial charge in [-0.25, -0.2) is 9.59 Å². The maximum atomic E-state index is 12.5. The van der Waals surface area contributed by atoms with Crippen LogP contribution >= 0.6 is 0 Å². The van der Waals surface area contributed by atoms with Gasteiger partial charge < -0.3 is 20.5 Å². The molecular weight excluding hydrogens is 420 g/mol. The maximum absolute atomic E-state index is 12.5. The van der Waals surface area contributed by atoms with Crippen LogP contribution < -0.4 is 10.6 Å². The molecule has 3 N–H and O–H groups in total. The lowest BCUT2D eigenvalue weighted by Crippen LogP contribution is -2.41. The van der Waals surface area contributed by atoms with E-state index in [0.717, 1.165) is 22.3 Å². The summed E-state index contributed by atoms with van der Waals surface area (Å²) in [6.07, 6.45) is 5.54. The average Bonchev–Trinajstić information content (AvgIpc) is 3.13. The fourth-order valence-corrected chi connectivity index (χ4v) is 4.07. The van der Waals surface area contributed by atoms with Crippen molar-refractivity contribution in [2.24, 2.45) is 0 Å². The third-order valence-electron chi connectivity index (χ3n) is 5.83. The molecular formula is C26H28N2O5. The van der Waals surface area contributed by atoms with Crippen LogP contribution in [0.2, 0.25) is 0 Å². The quantitative estimate of drug-likeness (QED) is 0.481. The molecule has 0 saturated carbocycles. The van der Waals surface area contributed by atoms with Crippen molar-refractivity contribution in [2.45, 2.75) is 50.6 Å². The molecule has 3 rings (SSSR count). The molecule has 2 aromatic carbocycles. The minimum absolute atomic E-state index is 0.0295. The molecule has 7 nitrogen and oxygen atoms in total. The molecule has 0 aromatic heterocycles. The number of nitrogens with one attached hydrogen (secondary N) is 2.